The van der Waals surface area contributed by atoms with Crippen LogP contribution < -0.4 is 5.73 Å². The van der Waals surface area contributed by atoms with Gasteiger partial charge in [-0.05, 0) is 57.4 Å². The molecule has 0 bridgehead atoms. The topological polar surface area (TPSA) is 38.5 Å². The van der Waals surface area contributed by atoms with E-state index >= 15 is 0 Å². The average Bonchev–Trinajstić information content (AvgIpc) is 2.50. The molecule has 2 atom stereocenters. The summed E-state index contributed by atoms with van der Waals surface area (Å²) < 4.78 is 6.95. The molecule has 2 unspecified atom stereocenters. The van der Waals surface area contributed by atoms with Crippen LogP contribution in [0, 0.1) is 0 Å². The zero-order valence-electron chi connectivity index (χ0n) is 13.1. The first kappa shape index (κ1) is 16.9. The fourth-order valence-electron chi connectivity index (χ4n) is 3.16. The zero-order chi connectivity index (χ0) is 15.3. The predicted molar refractivity (Wildman–Crippen MR) is 91.5 cm³/mol. The Kier molecular flexibility index (Phi) is 6.23. The first-order valence-electron chi connectivity index (χ1n) is 7.88. The number of benzene rings is 1. The van der Waals surface area contributed by atoms with Crippen molar-refractivity contribution >= 4 is 15.9 Å². The minimum atomic E-state index is 0.00357. The van der Waals surface area contributed by atoms with Gasteiger partial charge < -0.3 is 10.5 Å². The number of ether oxygens (including phenoxy) is 1. The van der Waals surface area contributed by atoms with Crippen molar-refractivity contribution in [2.24, 2.45) is 5.73 Å². The quantitative estimate of drug-likeness (QED) is 0.852. The number of rotatable bonds is 6. The van der Waals surface area contributed by atoms with Gasteiger partial charge in [-0.15, -0.1) is 0 Å². The van der Waals surface area contributed by atoms with Crippen LogP contribution in [0.5, 0.6) is 0 Å². The third-order valence-corrected chi connectivity index (χ3v) is 5.01. The Bertz CT molecular complexity index is 435. The molecule has 0 aliphatic carbocycles. The molecule has 1 fully saturated rings. The lowest BCUT2D eigenvalue weighted by atomic mass is 9.88. The molecule has 0 saturated carbocycles. The summed E-state index contributed by atoms with van der Waals surface area (Å²) in [7, 11) is 0. The van der Waals surface area contributed by atoms with Gasteiger partial charge in [0.2, 0.25) is 0 Å². The van der Waals surface area contributed by atoms with Crippen molar-refractivity contribution in [3.63, 3.8) is 0 Å². The Hall–Kier alpha value is -0.420. The third-order valence-electron chi connectivity index (χ3n) is 4.48. The predicted octanol–water partition coefficient (Wildman–Crippen LogP) is 3.21. The normalized spacial score (nSPS) is 23.0. The maximum Gasteiger partial charge on any atom is 0.0702 e. The number of nitrogens with two attached hydrogens (primary N) is 1. The molecule has 0 amide bonds. The van der Waals surface area contributed by atoms with Crippen molar-refractivity contribution in [2.75, 3.05) is 26.2 Å². The highest BCUT2D eigenvalue weighted by molar-refractivity contribution is 9.10. The van der Waals surface area contributed by atoms with E-state index in [1.807, 2.05) is 0 Å². The van der Waals surface area contributed by atoms with Crippen molar-refractivity contribution < 1.29 is 4.74 Å². The van der Waals surface area contributed by atoms with Gasteiger partial charge in [0.15, 0.2) is 0 Å². The molecular formula is C17H27BrN2O. The number of piperidine rings is 1. The highest BCUT2D eigenvalue weighted by Gasteiger charge is 2.34. The summed E-state index contributed by atoms with van der Waals surface area (Å²) in [5.41, 5.74) is 7.48. The van der Waals surface area contributed by atoms with E-state index in [-0.39, 0.29) is 5.54 Å². The van der Waals surface area contributed by atoms with Crippen LogP contribution in [0.4, 0.5) is 0 Å². The molecule has 2 N–H and O–H groups in total. The van der Waals surface area contributed by atoms with E-state index in [1.165, 1.54) is 18.4 Å². The number of halogens is 1. The molecule has 0 spiro atoms. The van der Waals surface area contributed by atoms with Crippen LogP contribution in [-0.4, -0.2) is 42.8 Å². The lowest BCUT2D eigenvalue weighted by Crippen LogP contribution is -2.57. The van der Waals surface area contributed by atoms with Gasteiger partial charge in [-0.2, -0.15) is 0 Å². The summed E-state index contributed by atoms with van der Waals surface area (Å²) in [5, 5.41) is 0. The highest BCUT2D eigenvalue weighted by Crippen LogP contribution is 2.26. The van der Waals surface area contributed by atoms with Crippen molar-refractivity contribution in [1.82, 2.24) is 4.90 Å². The van der Waals surface area contributed by atoms with Gasteiger partial charge >= 0.3 is 0 Å². The van der Waals surface area contributed by atoms with E-state index in [1.54, 1.807) is 0 Å². The molecular weight excluding hydrogens is 328 g/mol. The summed E-state index contributed by atoms with van der Waals surface area (Å²) in [6.45, 7) is 7.94. The van der Waals surface area contributed by atoms with Crippen LogP contribution in [0.2, 0.25) is 0 Å². The van der Waals surface area contributed by atoms with E-state index in [2.05, 4.69) is 58.9 Å². The standard InChI is InChI=1S/C17H27BrN2O/c1-3-21-16-5-4-10-20(12-16)17(2,13-19)11-14-6-8-15(18)9-7-14/h6-9,16H,3-5,10-13,19H2,1-2H3. The maximum atomic E-state index is 6.14. The van der Waals surface area contributed by atoms with Gasteiger partial charge in [0.25, 0.3) is 0 Å². The highest BCUT2D eigenvalue weighted by atomic mass is 79.9. The molecule has 1 aliphatic heterocycles. The van der Waals surface area contributed by atoms with Crippen molar-refractivity contribution in [3.05, 3.63) is 34.3 Å². The molecule has 1 aromatic rings. The molecule has 2 rings (SSSR count). The monoisotopic (exact) mass is 354 g/mol. The summed E-state index contributed by atoms with van der Waals surface area (Å²) >= 11 is 3.49. The van der Waals surface area contributed by atoms with Crippen LogP contribution in [-0.2, 0) is 11.2 Å². The minimum absolute atomic E-state index is 0.00357. The van der Waals surface area contributed by atoms with Crippen LogP contribution in [0.15, 0.2) is 28.7 Å². The van der Waals surface area contributed by atoms with Gasteiger partial charge in [0, 0.05) is 29.7 Å². The van der Waals surface area contributed by atoms with Crippen LogP contribution in [0.3, 0.4) is 0 Å². The van der Waals surface area contributed by atoms with E-state index in [9.17, 15) is 0 Å². The molecule has 0 radical (unpaired) electrons. The molecule has 1 saturated heterocycles. The second-order valence-corrected chi connectivity index (χ2v) is 7.09. The Morgan fingerprint density at radius 3 is 2.71 bits per heavy atom. The Morgan fingerprint density at radius 1 is 1.38 bits per heavy atom. The number of hydrogen-bond donors (Lipinski definition) is 1. The number of hydrogen-bond acceptors (Lipinski definition) is 3. The van der Waals surface area contributed by atoms with Gasteiger partial charge in [0.05, 0.1) is 6.10 Å². The first-order valence-corrected chi connectivity index (χ1v) is 8.68. The lowest BCUT2D eigenvalue weighted by molar-refractivity contribution is -0.0280. The van der Waals surface area contributed by atoms with Gasteiger partial charge in [-0.25, -0.2) is 0 Å². The minimum Gasteiger partial charge on any atom is -0.377 e. The molecule has 3 nitrogen and oxygen atoms in total. The van der Waals surface area contributed by atoms with E-state index in [0.29, 0.717) is 12.6 Å². The number of likely N-dealkylation sites (tertiary alicyclic amines) is 1. The van der Waals surface area contributed by atoms with E-state index in [0.717, 1.165) is 30.6 Å². The van der Waals surface area contributed by atoms with Crippen LogP contribution >= 0.6 is 15.9 Å². The second-order valence-electron chi connectivity index (χ2n) is 6.17. The Balaban J connectivity index is 2.06. The lowest BCUT2D eigenvalue weighted by Gasteiger charge is -2.45. The molecule has 1 heterocycles. The zero-order valence-corrected chi connectivity index (χ0v) is 14.7. The summed E-state index contributed by atoms with van der Waals surface area (Å²) in [4.78, 5) is 2.53. The van der Waals surface area contributed by atoms with E-state index < -0.39 is 0 Å². The molecule has 1 aromatic carbocycles. The largest absolute Gasteiger partial charge is 0.377 e. The molecule has 4 heteroatoms. The fraction of sp³-hybridized carbons (Fsp3) is 0.647. The Labute approximate surface area is 137 Å². The second kappa shape index (κ2) is 7.73. The van der Waals surface area contributed by atoms with Crippen LogP contribution in [0.25, 0.3) is 0 Å². The van der Waals surface area contributed by atoms with Gasteiger partial charge in [-0.1, -0.05) is 28.1 Å². The smallest absolute Gasteiger partial charge is 0.0702 e. The van der Waals surface area contributed by atoms with Crippen LogP contribution in [0.1, 0.15) is 32.3 Å². The third kappa shape index (κ3) is 4.52. The average molecular weight is 355 g/mol. The van der Waals surface area contributed by atoms with Gasteiger partial charge in [-0.3, -0.25) is 4.90 Å². The number of nitrogens with zero attached hydrogens (tertiary/aromatic N) is 1. The Morgan fingerprint density at radius 2 is 2.10 bits per heavy atom. The SMILES string of the molecule is CCOC1CCCN(C(C)(CN)Cc2ccc(Br)cc2)C1. The van der Waals surface area contributed by atoms with Crippen molar-refractivity contribution in [2.45, 2.75) is 44.8 Å². The van der Waals surface area contributed by atoms with Crippen molar-refractivity contribution in [3.8, 4) is 0 Å². The molecule has 118 valence electrons. The fourth-order valence-corrected chi connectivity index (χ4v) is 3.42. The van der Waals surface area contributed by atoms with Gasteiger partial charge in [0.1, 0.15) is 0 Å². The maximum absolute atomic E-state index is 6.14. The van der Waals surface area contributed by atoms with E-state index in [4.69, 9.17) is 10.5 Å². The summed E-state index contributed by atoms with van der Waals surface area (Å²) in [5.74, 6) is 0. The molecule has 0 aromatic heterocycles. The molecule has 1 aliphatic rings. The summed E-state index contributed by atoms with van der Waals surface area (Å²) in [6.07, 6.45) is 3.71. The molecule has 21 heavy (non-hydrogen) atoms. The first-order chi connectivity index (χ1) is 10.1. The summed E-state index contributed by atoms with van der Waals surface area (Å²) in [6, 6.07) is 8.57. The van der Waals surface area contributed by atoms with Crippen molar-refractivity contribution in [1.29, 1.82) is 0 Å².